The molecule has 1 aromatic heterocycles. The predicted molar refractivity (Wildman–Crippen MR) is 76.0 cm³/mol. The number of imidazole rings is 1. The van der Waals surface area contributed by atoms with Crippen molar-refractivity contribution in [2.45, 2.75) is 12.5 Å². The number of aromatic amines is 1. The Morgan fingerprint density at radius 1 is 1.55 bits per heavy atom. The Balaban J connectivity index is 1.63. The third-order valence-electron chi connectivity index (χ3n) is 3.51. The molecule has 1 unspecified atom stereocenters. The number of benzene rings is 1. The van der Waals surface area contributed by atoms with E-state index < -0.39 is 0 Å². The monoisotopic (exact) mass is 271 g/mol. The summed E-state index contributed by atoms with van der Waals surface area (Å²) < 4.78 is 5.33. The summed E-state index contributed by atoms with van der Waals surface area (Å²) >= 11 is 0. The van der Waals surface area contributed by atoms with Crippen molar-refractivity contribution in [2.75, 3.05) is 32.0 Å². The van der Waals surface area contributed by atoms with Gasteiger partial charge in [0, 0.05) is 31.7 Å². The first-order valence-corrected chi connectivity index (χ1v) is 6.72. The van der Waals surface area contributed by atoms with Crippen molar-refractivity contribution >= 4 is 16.7 Å². The number of rotatable bonds is 3. The van der Waals surface area contributed by atoms with E-state index in [1.165, 1.54) is 0 Å². The molecular weight excluding hydrogens is 254 g/mol. The molecule has 2 aromatic rings. The second-order valence-corrected chi connectivity index (χ2v) is 5.00. The zero-order valence-electron chi connectivity index (χ0n) is 11.2. The first-order chi connectivity index (χ1) is 9.74. The summed E-state index contributed by atoms with van der Waals surface area (Å²) in [4.78, 5) is 10.1. The van der Waals surface area contributed by atoms with Crippen molar-refractivity contribution in [3.63, 3.8) is 0 Å². The number of nitrogens with two attached hydrogens (primary N) is 1. The first kappa shape index (κ1) is 12.9. The molecule has 104 valence electrons. The Labute approximate surface area is 117 Å². The SMILES string of the molecule is N#CC1CN(CCc2nc3ccc(N)cc3[nH]2)CCO1. The minimum Gasteiger partial charge on any atom is -0.399 e. The van der Waals surface area contributed by atoms with Crippen LogP contribution in [0.3, 0.4) is 0 Å². The zero-order chi connectivity index (χ0) is 13.9. The molecule has 3 N–H and O–H groups in total. The van der Waals surface area contributed by atoms with Gasteiger partial charge in [0.2, 0.25) is 0 Å². The lowest BCUT2D eigenvalue weighted by Crippen LogP contribution is -2.42. The number of nitrogens with one attached hydrogen (secondary N) is 1. The van der Waals surface area contributed by atoms with Crippen LogP contribution in [0.15, 0.2) is 18.2 Å². The van der Waals surface area contributed by atoms with Crippen molar-refractivity contribution in [2.24, 2.45) is 0 Å². The fourth-order valence-electron chi connectivity index (χ4n) is 2.45. The highest BCUT2D eigenvalue weighted by atomic mass is 16.5. The summed E-state index contributed by atoms with van der Waals surface area (Å²) in [6.45, 7) is 3.03. The fourth-order valence-corrected chi connectivity index (χ4v) is 2.45. The summed E-state index contributed by atoms with van der Waals surface area (Å²) in [5, 5.41) is 8.88. The normalized spacial score (nSPS) is 20.1. The van der Waals surface area contributed by atoms with E-state index in [0.29, 0.717) is 13.2 Å². The standard InChI is InChI=1S/C14H17N5O/c15-8-11-9-19(5-6-20-11)4-3-14-17-12-2-1-10(16)7-13(12)18-14/h1-2,7,11H,3-6,9,16H2,(H,17,18). The van der Waals surface area contributed by atoms with E-state index in [-0.39, 0.29) is 6.10 Å². The molecule has 6 nitrogen and oxygen atoms in total. The second-order valence-electron chi connectivity index (χ2n) is 5.00. The summed E-state index contributed by atoms with van der Waals surface area (Å²) in [6, 6.07) is 7.83. The lowest BCUT2D eigenvalue weighted by atomic mass is 10.2. The van der Waals surface area contributed by atoms with Gasteiger partial charge in [-0.3, -0.25) is 4.90 Å². The number of nitrogens with zero attached hydrogens (tertiary/aromatic N) is 3. The van der Waals surface area contributed by atoms with E-state index in [9.17, 15) is 0 Å². The van der Waals surface area contributed by atoms with Crippen LogP contribution in [0.1, 0.15) is 5.82 Å². The molecular formula is C14H17N5O. The molecule has 6 heteroatoms. The molecule has 0 aliphatic carbocycles. The average Bonchev–Trinajstić information content (AvgIpc) is 2.87. The van der Waals surface area contributed by atoms with Crippen LogP contribution in [0, 0.1) is 11.3 Å². The van der Waals surface area contributed by atoms with Crippen LogP contribution in [0.2, 0.25) is 0 Å². The van der Waals surface area contributed by atoms with Crippen molar-refractivity contribution in [1.82, 2.24) is 14.9 Å². The molecule has 1 aliphatic heterocycles. The van der Waals surface area contributed by atoms with E-state index in [4.69, 9.17) is 15.7 Å². The molecule has 0 bridgehead atoms. The molecule has 20 heavy (non-hydrogen) atoms. The van der Waals surface area contributed by atoms with Crippen molar-refractivity contribution < 1.29 is 4.74 Å². The summed E-state index contributed by atoms with van der Waals surface area (Å²) in [7, 11) is 0. The lowest BCUT2D eigenvalue weighted by molar-refractivity contribution is 0.000901. The number of ether oxygens (including phenoxy) is 1. The number of aromatic nitrogens is 2. The molecule has 1 aliphatic rings. The molecule has 0 amide bonds. The topological polar surface area (TPSA) is 91.0 Å². The van der Waals surface area contributed by atoms with Gasteiger partial charge in [-0.25, -0.2) is 4.98 Å². The molecule has 1 atom stereocenters. The number of nitrogen functional groups attached to an aromatic ring is 1. The Kier molecular flexibility index (Phi) is 3.54. The molecule has 1 fully saturated rings. The van der Waals surface area contributed by atoms with Crippen LogP contribution < -0.4 is 5.73 Å². The van der Waals surface area contributed by atoms with Crippen LogP contribution in [-0.2, 0) is 11.2 Å². The van der Waals surface area contributed by atoms with Gasteiger partial charge >= 0.3 is 0 Å². The second kappa shape index (κ2) is 5.49. The fraction of sp³-hybridized carbons (Fsp3) is 0.429. The van der Waals surface area contributed by atoms with Gasteiger partial charge in [-0.2, -0.15) is 5.26 Å². The van der Waals surface area contributed by atoms with Crippen molar-refractivity contribution in [3.05, 3.63) is 24.0 Å². The molecule has 0 spiro atoms. The van der Waals surface area contributed by atoms with Gasteiger partial charge in [-0.05, 0) is 18.2 Å². The minimum absolute atomic E-state index is 0.306. The Hall–Kier alpha value is -2.10. The van der Waals surface area contributed by atoms with Gasteiger partial charge < -0.3 is 15.5 Å². The zero-order valence-corrected chi connectivity index (χ0v) is 11.2. The van der Waals surface area contributed by atoms with Gasteiger partial charge in [-0.1, -0.05) is 0 Å². The maximum absolute atomic E-state index is 8.88. The summed E-state index contributed by atoms with van der Waals surface area (Å²) in [5.74, 6) is 0.950. The smallest absolute Gasteiger partial charge is 0.156 e. The van der Waals surface area contributed by atoms with Crippen LogP contribution in [-0.4, -0.2) is 47.2 Å². The Morgan fingerprint density at radius 2 is 2.45 bits per heavy atom. The van der Waals surface area contributed by atoms with E-state index in [0.717, 1.165) is 42.1 Å². The maximum atomic E-state index is 8.88. The third kappa shape index (κ3) is 2.74. The van der Waals surface area contributed by atoms with E-state index in [1.54, 1.807) is 0 Å². The number of hydrogen-bond donors (Lipinski definition) is 2. The Morgan fingerprint density at radius 3 is 3.30 bits per heavy atom. The summed E-state index contributed by atoms with van der Waals surface area (Å²) in [6.07, 6.45) is 0.520. The van der Waals surface area contributed by atoms with Gasteiger partial charge in [0.05, 0.1) is 23.7 Å². The molecule has 2 heterocycles. The molecule has 0 saturated carbocycles. The van der Waals surface area contributed by atoms with E-state index >= 15 is 0 Å². The van der Waals surface area contributed by atoms with Crippen molar-refractivity contribution in [3.8, 4) is 6.07 Å². The average molecular weight is 271 g/mol. The number of fused-ring (bicyclic) bond motifs is 1. The number of nitriles is 1. The minimum atomic E-state index is -0.306. The number of morpholine rings is 1. The number of hydrogen-bond acceptors (Lipinski definition) is 5. The molecule has 0 radical (unpaired) electrons. The van der Waals surface area contributed by atoms with Gasteiger partial charge in [-0.15, -0.1) is 0 Å². The maximum Gasteiger partial charge on any atom is 0.156 e. The van der Waals surface area contributed by atoms with Gasteiger partial charge in [0.25, 0.3) is 0 Å². The quantitative estimate of drug-likeness (QED) is 0.810. The Bertz CT molecular complexity index is 645. The van der Waals surface area contributed by atoms with Gasteiger partial charge in [0.1, 0.15) is 5.82 Å². The van der Waals surface area contributed by atoms with Gasteiger partial charge in [0.15, 0.2) is 6.10 Å². The molecule has 1 saturated heterocycles. The predicted octanol–water partition coefficient (Wildman–Crippen LogP) is 0.912. The van der Waals surface area contributed by atoms with E-state index in [1.807, 2.05) is 18.2 Å². The number of anilines is 1. The highest BCUT2D eigenvalue weighted by molar-refractivity contribution is 5.78. The van der Waals surface area contributed by atoms with Crippen LogP contribution in [0.25, 0.3) is 11.0 Å². The van der Waals surface area contributed by atoms with Crippen LogP contribution >= 0.6 is 0 Å². The highest BCUT2D eigenvalue weighted by Crippen LogP contribution is 2.15. The first-order valence-electron chi connectivity index (χ1n) is 6.72. The largest absolute Gasteiger partial charge is 0.399 e. The summed E-state index contributed by atoms with van der Waals surface area (Å²) in [5.41, 5.74) is 8.39. The van der Waals surface area contributed by atoms with Crippen molar-refractivity contribution in [1.29, 1.82) is 5.26 Å². The molecule has 3 rings (SSSR count). The van der Waals surface area contributed by atoms with Crippen LogP contribution in [0.5, 0.6) is 0 Å². The highest BCUT2D eigenvalue weighted by Gasteiger charge is 2.19. The number of H-pyrrole nitrogens is 1. The van der Waals surface area contributed by atoms with E-state index in [2.05, 4.69) is 20.9 Å². The molecule has 1 aromatic carbocycles. The lowest BCUT2D eigenvalue weighted by Gasteiger charge is -2.29. The van der Waals surface area contributed by atoms with Crippen LogP contribution in [0.4, 0.5) is 5.69 Å². The third-order valence-corrected chi connectivity index (χ3v) is 3.51.